The summed E-state index contributed by atoms with van der Waals surface area (Å²) in [5.41, 5.74) is 0. The third-order valence-electron chi connectivity index (χ3n) is 1.08. The fraction of sp³-hybridized carbons (Fsp3) is 0.500. The number of nitrogens with zero attached hydrogens (tertiary/aromatic N) is 2. The molecule has 0 saturated heterocycles. The van der Waals surface area contributed by atoms with E-state index in [9.17, 15) is 0 Å². The van der Waals surface area contributed by atoms with Crippen molar-refractivity contribution in [2.75, 3.05) is 13.7 Å². The molecule has 1 heterocycles. The molecule has 0 aromatic carbocycles. The molecule has 12 heavy (non-hydrogen) atoms. The van der Waals surface area contributed by atoms with Gasteiger partial charge < -0.3 is 9.47 Å². The van der Waals surface area contributed by atoms with Crippen LogP contribution in [0.5, 0.6) is 12.0 Å². The Morgan fingerprint density at radius 1 is 1.42 bits per heavy atom. The van der Waals surface area contributed by atoms with Gasteiger partial charge in [-0.25, -0.2) is 0 Å². The summed E-state index contributed by atoms with van der Waals surface area (Å²) in [5.74, 6) is 0. The number of nitrogens with one attached hydrogen (secondary N) is 1. The Bertz CT molecular complexity index is 312. The zero-order chi connectivity index (χ0) is 8.97. The lowest BCUT2D eigenvalue weighted by molar-refractivity contribution is 0.296. The first-order chi connectivity index (χ1) is 5.76. The molecule has 1 aromatic heterocycles. The Hall–Kier alpha value is -1.17. The van der Waals surface area contributed by atoms with Gasteiger partial charge in [0, 0.05) is 0 Å². The molecule has 0 amide bonds. The minimum absolute atomic E-state index is 0.203. The molecular weight excluding hydrogens is 178 g/mol. The van der Waals surface area contributed by atoms with Gasteiger partial charge in [-0.1, -0.05) is 0 Å². The van der Waals surface area contributed by atoms with Crippen LogP contribution in [0.15, 0.2) is 0 Å². The Morgan fingerprint density at radius 2 is 2.08 bits per heavy atom. The molecule has 0 radical (unpaired) electrons. The number of rotatable bonds is 3. The fourth-order valence-corrected chi connectivity index (χ4v) is 0.814. The smallest absolute Gasteiger partial charge is 0.300 e. The van der Waals surface area contributed by atoms with Crippen LogP contribution in [0.4, 0.5) is 0 Å². The van der Waals surface area contributed by atoms with Crippen LogP contribution in [0.1, 0.15) is 6.92 Å². The number of hydrogen-bond donors (Lipinski definition) is 1. The molecule has 0 spiro atoms. The number of methoxy groups -OCH3 is 1. The number of hydrogen-bond acceptors (Lipinski definition) is 5. The van der Waals surface area contributed by atoms with Crippen molar-refractivity contribution in [3.05, 3.63) is 4.77 Å². The van der Waals surface area contributed by atoms with E-state index in [1.807, 2.05) is 6.92 Å². The van der Waals surface area contributed by atoms with Crippen molar-refractivity contribution in [3.8, 4) is 12.0 Å². The molecule has 0 saturated carbocycles. The number of aromatic amines is 1. The average molecular weight is 187 g/mol. The standard InChI is InChI=1S/C6H9N3O2S/c1-3-11-5-7-4(10-2)8-6(12)9-5/h3H2,1-2H3,(H,7,8,9,12). The van der Waals surface area contributed by atoms with Gasteiger partial charge in [-0.15, -0.1) is 0 Å². The van der Waals surface area contributed by atoms with Crippen molar-refractivity contribution in [1.82, 2.24) is 15.0 Å². The van der Waals surface area contributed by atoms with Gasteiger partial charge in [0.05, 0.1) is 13.7 Å². The van der Waals surface area contributed by atoms with Crippen LogP contribution >= 0.6 is 12.2 Å². The largest absolute Gasteiger partial charge is 0.468 e. The Kier molecular flexibility index (Phi) is 2.98. The first-order valence-corrected chi connectivity index (χ1v) is 3.82. The predicted octanol–water partition coefficient (Wildman–Crippen LogP) is 0.941. The molecule has 5 nitrogen and oxygen atoms in total. The van der Waals surface area contributed by atoms with Crippen molar-refractivity contribution in [2.45, 2.75) is 6.92 Å². The molecule has 0 unspecified atom stereocenters. The molecule has 1 aromatic rings. The van der Waals surface area contributed by atoms with E-state index in [4.69, 9.17) is 21.7 Å². The lowest BCUT2D eigenvalue weighted by atomic mass is 10.8. The Morgan fingerprint density at radius 3 is 2.67 bits per heavy atom. The first-order valence-electron chi connectivity index (χ1n) is 3.41. The monoisotopic (exact) mass is 187 g/mol. The molecule has 0 fully saturated rings. The molecule has 1 rings (SSSR count). The van der Waals surface area contributed by atoms with Crippen LogP contribution in [0.2, 0.25) is 0 Å². The van der Waals surface area contributed by atoms with Crippen molar-refractivity contribution in [1.29, 1.82) is 0 Å². The Labute approximate surface area is 74.8 Å². The van der Waals surface area contributed by atoms with Crippen LogP contribution in [0.25, 0.3) is 0 Å². The van der Waals surface area contributed by atoms with Crippen LogP contribution in [0, 0.1) is 4.77 Å². The SMILES string of the molecule is CCOc1nc(=S)nc(OC)[nH]1. The van der Waals surface area contributed by atoms with E-state index in [2.05, 4.69) is 15.0 Å². The highest BCUT2D eigenvalue weighted by molar-refractivity contribution is 7.71. The van der Waals surface area contributed by atoms with Gasteiger partial charge in [-0.2, -0.15) is 9.97 Å². The number of ether oxygens (including phenoxy) is 2. The zero-order valence-electron chi connectivity index (χ0n) is 6.83. The molecule has 0 atom stereocenters. The van der Waals surface area contributed by atoms with Gasteiger partial charge in [0.15, 0.2) is 0 Å². The third kappa shape index (κ3) is 2.16. The van der Waals surface area contributed by atoms with Crippen LogP contribution in [0.3, 0.4) is 0 Å². The summed E-state index contributed by atoms with van der Waals surface area (Å²) in [5, 5.41) is 0. The maximum atomic E-state index is 5.08. The average Bonchev–Trinajstić information content (AvgIpc) is 2.04. The van der Waals surface area contributed by atoms with Crippen LogP contribution < -0.4 is 9.47 Å². The maximum absolute atomic E-state index is 5.08. The lowest BCUT2D eigenvalue weighted by Crippen LogP contribution is -2.01. The quantitative estimate of drug-likeness (QED) is 0.713. The molecule has 0 aliphatic heterocycles. The minimum Gasteiger partial charge on any atom is -0.468 e. The van der Waals surface area contributed by atoms with E-state index in [0.29, 0.717) is 18.6 Å². The second-order valence-electron chi connectivity index (χ2n) is 1.88. The van der Waals surface area contributed by atoms with Crippen molar-refractivity contribution in [2.24, 2.45) is 0 Å². The molecule has 0 bridgehead atoms. The molecule has 66 valence electrons. The summed E-state index contributed by atoms with van der Waals surface area (Å²) in [4.78, 5) is 10.3. The molecule has 1 N–H and O–H groups in total. The van der Waals surface area contributed by atoms with Crippen LogP contribution in [-0.2, 0) is 0 Å². The third-order valence-corrected chi connectivity index (χ3v) is 1.27. The highest BCUT2D eigenvalue weighted by Crippen LogP contribution is 2.06. The summed E-state index contributed by atoms with van der Waals surface area (Å²) in [6, 6.07) is 0.632. The summed E-state index contributed by atoms with van der Waals surface area (Å²) in [6.45, 7) is 2.37. The second-order valence-corrected chi connectivity index (χ2v) is 2.24. The fourth-order valence-electron chi connectivity index (χ4n) is 0.648. The molecule has 0 aliphatic rings. The van der Waals surface area contributed by atoms with E-state index in [1.54, 1.807) is 0 Å². The zero-order valence-corrected chi connectivity index (χ0v) is 7.64. The number of H-pyrrole nitrogens is 1. The van der Waals surface area contributed by atoms with Gasteiger partial charge in [-0.3, -0.25) is 4.98 Å². The van der Waals surface area contributed by atoms with Crippen LogP contribution in [-0.4, -0.2) is 28.7 Å². The van der Waals surface area contributed by atoms with Gasteiger partial charge in [-0.05, 0) is 19.1 Å². The summed E-state index contributed by atoms with van der Waals surface area (Å²) >= 11 is 4.77. The van der Waals surface area contributed by atoms with E-state index in [-0.39, 0.29) is 4.77 Å². The summed E-state index contributed by atoms with van der Waals surface area (Å²) in [7, 11) is 1.49. The van der Waals surface area contributed by atoms with Crippen molar-refractivity contribution in [3.63, 3.8) is 0 Å². The highest BCUT2D eigenvalue weighted by Gasteiger charge is 1.98. The summed E-state index contributed by atoms with van der Waals surface area (Å²) < 4.78 is 10.1. The second kappa shape index (κ2) is 4.01. The first kappa shape index (κ1) is 8.92. The van der Waals surface area contributed by atoms with Gasteiger partial charge in [0.2, 0.25) is 4.77 Å². The molecular formula is C6H9N3O2S. The predicted molar refractivity (Wildman–Crippen MR) is 44.9 cm³/mol. The minimum atomic E-state index is 0.203. The topological polar surface area (TPSA) is 60.0 Å². The van der Waals surface area contributed by atoms with Gasteiger partial charge in [0.1, 0.15) is 0 Å². The summed E-state index contributed by atoms with van der Waals surface area (Å²) in [6.07, 6.45) is 0. The normalized spacial score (nSPS) is 9.50. The van der Waals surface area contributed by atoms with Gasteiger partial charge >= 0.3 is 0 Å². The van der Waals surface area contributed by atoms with Crippen molar-refractivity contribution < 1.29 is 9.47 Å². The van der Waals surface area contributed by atoms with E-state index in [1.165, 1.54) is 7.11 Å². The number of aromatic nitrogens is 3. The maximum Gasteiger partial charge on any atom is 0.300 e. The Balaban J connectivity index is 2.98. The van der Waals surface area contributed by atoms with E-state index < -0.39 is 0 Å². The van der Waals surface area contributed by atoms with Gasteiger partial charge in [0.25, 0.3) is 12.0 Å². The lowest BCUT2D eigenvalue weighted by Gasteiger charge is -2.02. The van der Waals surface area contributed by atoms with E-state index in [0.717, 1.165) is 0 Å². The van der Waals surface area contributed by atoms with E-state index >= 15 is 0 Å². The molecule has 0 aliphatic carbocycles. The van der Waals surface area contributed by atoms with Crippen molar-refractivity contribution >= 4 is 12.2 Å². The molecule has 6 heteroatoms. The highest BCUT2D eigenvalue weighted by atomic mass is 32.1.